The van der Waals surface area contributed by atoms with Gasteiger partial charge in [0.2, 0.25) is 0 Å². The van der Waals surface area contributed by atoms with Crippen LogP contribution < -0.4 is 4.90 Å². The maximum atomic E-state index is 13.1. The fourth-order valence-corrected chi connectivity index (χ4v) is 7.99. The Balaban J connectivity index is 1.27. The molecule has 27 heavy (non-hydrogen) atoms. The summed E-state index contributed by atoms with van der Waals surface area (Å²) in [6.45, 7) is 0.562. The normalized spacial score (nSPS) is 36.4. The standard InChI is InChI=1S/C22H26BrNO3/c23-22-11-15-8-16(12-22)10-21(9-15,14-22)20(26)27-13-19(25)24-7-3-5-17-4-1-2-6-18(17)24/h1-2,4,6,15-16H,3,5,7-14H2/t15-,16+,21?,22?. The SMILES string of the molecule is O=C(COC(=O)C12C[C@@H]3C[C@@H](CC(Br)(C3)C1)C2)N1CCCc2ccccc21. The summed E-state index contributed by atoms with van der Waals surface area (Å²) < 4.78 is 5.77. The fourth-order valence-electron chi connectivity index (χ4n) is 6.54. The zero-order chi connectivity index (χ0) is 18.6. The van der Waals surface area contributed by atoms with E-state index in [1.54, 1.807) is 4.90 Å². The number of hydrogen-bond acceptors (Lipinski definition) is 3. The second kappa shape index (κ2) is 6.33. The Bertz CT molecular complexity index is 778. The average Bonchev–Trinajstić information content (AvgIpc) is 2.63. The van der Waals surface area contributed by atoms with Crippen LogP contribution >= 0.6 is 15.9 Å². The van der Waals surface area contributed by atoms with Crippen LogP contribution in [-0.2, 0) is 20.7 Å². The number of amides is 1. The van der Waals surface area contributed by atoms with E-state index in [0.29, 0.717) is 18.4 Å². The number of carbonyl (C=O) groups is 2. The molecule has 0 radical (unpaired) electrons. The number of carbonyl (C=O) groups excluding carboxylic acids is 2. The van der Waals surface area contributed by atoms with Crippen molar-refractivity contribution in [2.45, 2.75) is 55.7 Å². The minimum Gasteiger partial charge on any atom is -0.455 e. The smallest absolute Gasteiger partial charge is 0.312 e. The van der Waals surface area contributed by atoms with Crippen molar-refractivity contribution >= 4 is 33.5 Å². The molecule has 4 bridgehead atoms. The lowest BCUT2D eigenvalue weighted by molar-refractivity contribution is -0.171. The summed E-state index contributed by atoms with van der Waals surface area (Å²) in [5.74, 6) is 1.01. The van der Waals surface area contributed by atoms with Crippen molar-refractivity contribution in [3.8, 4) is 0 Å². The highest BCUT2D eigenvalue weighted by atomic mass is 79.9. The Hall–Kier alpha value is -1.36. The van der Waals surface area contributed by atoms with E-state index < -0.39 is 0 Å². The molecule has 6 rings (SSSR count). The van der Waals surface area contributed by atoms with E-state index in [0.717, 1.165) is 37.8 Å². The summed E-state index contributed by atoms with van der Waals surface area (Å²) in [7, 11) is 0. The van der Waals surface area contributed by atoms with Crippen LogP contribution in [0.15, 0.2) is 24.3 Å². The Morgan fingerprint density at radius 3 is 2.63 bits per heavy atom. The third-order valence-electron chi connectivity index (χ3n) is 7.16. The van der Waals surface area contributed by atoms with Crippen LogP contribution in [0.1, 0.15) is 50.5 Å². The second-order valence-corrected chi connectivity index (χ2v) is 10.9. The first-order chi connectivity index (χ1) is 13.0. The van der Waals surface area contributed by atoms with E-state index in [1.807, 2.05) is 18.2 Å². The molecule has 4 nitrogen and oxygen atoms in total. The Kier molecular flexibility index (Phi) is 4.15. The molecule has 1 amide bonds. The number of benzene rings is 1. The zero-order valence-corrected chi connectivity index (χ0v) is 17.2. The second-order valence-electron chi connectivity index (χ2n) is 9.25. The summed E-state index contributed by atoms with van der Waals surface area (Å²) in [6, 6.07) is 8.03. The first kappa shape index (κ1) is 17.7. The number of hydrogen-bond donors (Lipinski definition) is 0. The molecule has 1 aromatic carbocycles. The summed E-state index contributed by atoms with van der Waals surface area (Å²) in [5.41, 5.74) is 1.80. The van der Waals surface area contributed by atoms with Gasteiger partial charge in [-0.25, -0.2) is 0 Å². The van der Waals surface area contributed by atoms with E-state index in [-0.39, 0.29) is 28.2 Å². The molecule has 144 valence electrons. The third kappa shape index (κ3) is 3.02. The Labute approximate surface area is 168 Å². The molecule has 4 saturated carbocycles. The molecule has 4 aliphatic carbocycles. The van der Waals surface area contributed by atoms with E-state index in [9.17, 15) is 9.59 Å². The van der Waals surface area contributed by atoms with Crippen LogP contribution in [0.25, 0.3) is 0 Å². The molecule has 0 N–H and O–H groups in total. The van der Waals surface area contributed by atoms with Crippen molar-refractivity contribution in [1.82, 2.24) is 0 Å². The van der Waals surface area contributed by atoms with Crippen molar-refractivity contribution in [1.29, 1.82) is 0 Å². The lowest BCUT2D eigenvalue weighted by Gasteiger charge is -2.58. The number of aryl methyl sites for hydroxylation is 1. The lowest BCUT2D eigenvalue weighted by Crippen LogP contribution is -2.56. The molecule has 2 unspecified atom stereocenters. The molecule has 0 saturated heterocycles. The van der Waals surface area contributed by atoms with E-state index in [2.05, 4.69) is 22.0 Å². The van der Waals surface area contributed by atoms with E-state index >= 15 is 0 Å². The number of halogens is 1. The summed E-state index contributed by atoms with van der Waals surface area (Å²) in [6.07, 6.45) is 8.32. The lowest BCUT2D eigenvalue weighted by atomic mass is 9.49. The number of anilines is 1. The van der Waals surface area contributed by atoms with Crippen LogP contribution in [-0.4, -0.2) is 29.4 Å². The van der Waals surface area contributed by atoms with Gasteiger partial charge in [0.05, 0.1) is 5.41 Å². The van der Waals surface area contributed by atoms with Gasteiger partial charge >= 0.3 is 5.97 Å². The number of rotatable bonds is 3. The maximum Gasteiger partial charge on any atom is 0.312 e. The molecule has 0 spiro atoms. The Morgan fingerprint density at radius 1 is 1.15 bits per heavy atom. The number of esters is 1. The molecule has 1 aromatic rings. The van der Waals surface area contributed by atoms with Gasteiger partial charge in [-0.1, -0.05) is 34.1 Å². The third-order valence-corrected chi connectivity index (χ3v) is 8.09. The van der Waals surface area contributed by atoms with Crippen molar-refractivity contribution in [2.75, 3.05) is 18.1 Å². The van der Waals surface area contributed by atoms with Crippen LogP contribution in [0.4, 0.5) is 5.69 Å². The van der Waals surface area contributed by atoms with Gasteiger partial charge < -0.3 is 9.64 Å². The molecule has 0 aromatic heterocycles. The summed E-state index contributed by atoms with van der Waals surface area (Å²) in [5, 5.41) is 0. The summed E-state index contributed by atoms with van der Waals surface area (Å²) >= 11 is 3.94. The minimum atomic E-state index is -0.367. The molecule has 1 heterocycles. The van der Waals surface area contributed by atoms with Crippen molar-refractivity contribution in [3.05, 3.63) is 29.8 Å². The largest absolute Gasteiger partial charge is 0.455 e. The molecular formula is C22H26BrNO3. The maximum absolute atomic E-state index is 13.1. The predicted octanol–water partition coefficient (Wildman–Crippen LogP) is 4.24. The van der Waals surface area contributed by atoms with Gasteiger partial charge in [0, 0.05) is 16.6 Å². The van der Waals surface area contributed by atoms with Crippen LogP contribution in [0.5, 0.6) is 0 Å². The molecular weight excluding hydrogens is 406 g/mol. The van der Waals surface area contributed by atoms with Crippen LogP contribution in [0.3, 0.4) is 0 Å². The van der Waals surface area contributed by atoms with Gasteiger partial charge in [-0.05, 0) is 74.8 Å². The number of para-hydroxylation sites is 1. The highest BCUT2D eigenvalue weighted by Crippen LogP contribution is 2.64. The monoisotopic (exact) mass is 431 g/mol. The highest BCUT2D eigenvalue weighted by molar-refractivity contribution is 9.10. The van der Waals surface area contributed by atoms with E-state index in [1.165, 1.54) is 24.8 Å². The van der Waals surface area contributed by atoms with Gasteiger partial charge in [-0.3, -0.25) is 9.59 Å². The van der Waals surface area contributed by atoms with Gasteiger partial charge in [0.25, 0.3) is 5.91 Å². The number of alkyl halides is 1. The van der Waals surface area contributed by atoms with Crippen molar-refractivity contribution in [3.63, 3.8) is 0 Å². The number of fused-ring (bicyclic) bond motifs is 1. The van der Waals surface area contributed by atoms with Crippen LogP contribution in [0, 0.1) is 17.3 Å². The first-order valence-electron chi connectivity index (χ1n) is 10.2. The molecule has 5 heteroatoms. The van der Waals surface area contributed by atoms with Gasteiger partial charge in [-0.2, -0.15) is 0 Å². The Morgan fingerprint density at radius 2 is 1.89 bits per heavy atom. The van der Waals surface area contributed by atoms with Gasteiger partial charge in [-0.15, -0.1) is 0 Å². The fraction of sp³-hybridized carbons (Fsp3) is 0.636. The molecule has 1 aliphatic heterocycles. The number of ether oxygens (including phenoxy) is 1. The number of nitrogens with zero attached hydrogens (tertiary/aromatic N) is 1. The molecule has 5 aliphatic rings. The first-order valence-corrected chi connectivity index (χ1v) is 11.0. The van der Waals surface area contributed by atoms with Gasteiger partial charge in [0.1, 0.15) is 0 Å². The predicted molar refractivity (Wildman–Crippen MR) is 107 cm³/mol. The topological polar surface area (TPSA) is 46.6 Å². The van der Waals surface area contributed by atoms with Gasteiger partial charge in [0.15, 0.2) is 6.61 Å². The van der Waals surface area contributed by atoms with Crippen molar-refractivity contribution in [2.24, 2.45) is 17.3 Å². The average molecular weight is 432 g/mol. The molecule has 4 fully saturated rings. The van der Waals surface area contributed by atoms with E-state index in [4.69, 9.17) is 4.74 Å². The quantitative estimate of drug-likeness (QED) is 0.530. The summed E-state index contributed by atoms with van der Waals surface area (Å²) in [4.78, 5) is 27.6. The minimum absolute atomic E-state index is 0.103. The van der Waals surface area contributed by atoms with Crippen molar-refractivity contribution < 1.29 is 14.3 Å². The molecule has 4 atom stereocenters. The van der Waals surface area contributed by atoms with Crippen LogP contribution in [0.2, 0.25) is 0 Å². The highest BCUT2D eigenvalue weighted by Gasteiger charge is 2.60. The zero-order valence-electron chi connectivity index (χ0n) is 15.6.